The average molecular weight is 303 g/mol. The number of amides is 1. The summed E-state index contributed by atoms with van der Waals surface area (Å²) in [5.41, 5.74) is 1.86. The molecule has 0 bridgehead atoms. The number of nitrogens with one attached hydrogen (secondary N) is 1. The Labute approximate surface area is 129 Å². The molecule has 1 amide bonds. The second-order valence-corrected chi connectivity index (χ2v) is 5.71. The first kappa shape index (κ1) is 16.2. The van der Waals surface area contributed by atoms with E-state index in [4.69, 9.17) is 4.52 Å². The van der Waals surface area contributed by atoms with Gasteiger partial charge in [-0.05, 0) is 25.0 Å². The van der Waals surface area contributed by atoms with Crippen LogP contribution >= 0.6 is 0 Å². The monoisotopic (exact) mass is 303 g/mol. The van der Waals surface area contributed by atoms with E-state index < -0.39 is 6.10 Å². The first-order chi connectivity index (χ1) is 10.4. The molecule has 118 valence electrons. The Morgan fingerprint density at radius 3 is 2.64 bits per heavy atom. The lowest BCUT2D eigenvalue weighted by Gasteiger charge is -2.10. The van der Waals surface area contributed by atoms with Gasteiger partial charge in [0.05, 0.1) is 18.9 Å². The minimum Gasteiger partial charge on any atom is -0.392 e. The number of aliphatic hydroxyl groups is 1. The Balaban J connectivity index is 1.89. The summed E-state index contributed by atoms with van der Waals surface area (Å²) in [5.74, 6) is 0.565. The third kappa shape index (κ3) is 4.66. The molecule has 0 spiro atoms. The molecular formula is C16H21N3O3. The van der Waals surface area contributed by atoms with Crippen LogP contribution in [0.1, 0.15) is 31.1 Å². The maximum absolute atomic E-state index is 11.9. The predicted molar refractivity (Wildman–Crippen MR) is 82.4 cm³/mol. The van der Waals surface area contributed by atoms with Crippen molar-refractivity contribution in [2.45, 2.75) is 39.7 Å². The minimum atomic E-state index is -0.533. The molecule has 1 aromatic carbocycles. The largest absolute Gasteiger partial charge is 0.392 e. The molecule has 1 aromatic heterocycles. The molecule has 2 aromatic rings. The van der Waals surface area contributed by atoms with Gasteiger partial charge in [0.1, 0.15) is 0 Å². The van der Waals surface area contributed by atoms with Gasteiger partial charge in [0.15, 0.2) is 5.82 Å². The van der Waals surface area contributed by atoms with E-state index in [1.54, 1.807) is 0 Å². The first-order valence-electron chi connectivity index (χ1n) is 7.30. The standard InChI is InChI=1S/C16H21N3O3/c1-10(2)13(20)8-16-18-14(19-22-16)9-15(21)17-12-6-4-11(3)5-7-12/h4-7,10,13,20H,8-9H2,1-3H3,(H,17,21). The van der Waals surface area contributed by atoms with Crippen molar-refractivity contribution in [3.63, 3.8) is 0 Å². The van der Waals surface area contributed by atoms with E-state index in [-0.39, 0.29) is 18.2 Å². The van der Waals surface area contributed by atoms with Crippen LogP contribution in [0.3, 0.4) is 0 Å². The molecule has 0 aliphatic carbocycles. The number of benzene rings is 1. The Morgan fingerprint density at radius 2 is 2.00 bits per heavy atom. The Morgan fingerprint density at radius 1 is 1.32 bits per heavy atom. The number of aryl methyl sites for hydroxylation is 1. The van der Waals surface area contributed by atoms with Crippen LogP contribution in [0.4, 0.5) is 5.69 Å². The van der Waals surface area contributed by atoms with Gasteiger partial charge < -0.3 is 14.9 Å². The van der Waals surface area contributed by atoms with Gasteiger partial charge in [-0.25, -0.2) is 0 Å². The van der Waals surface area contributed by atoms with Crippen molar-refractivity contribution < 1.29 is 14.4 Å². The molecule has 1 heterocycles. The summed E-state index contributed by atoms with van der Waals surface area (Å²) < 4.78 is 5.05. The molecule has 6 nitrogen and oxygen atoms in total. The summed E-state index contributed by atoms with van der Waals surface area (Å²) in [6, 6.07) is 7.53. The normalized spacial score (nSPS) is 12.4. The van der Waals surface area contributed by atoms with Crippen molar-refractivity contribution in [1.82, 2.24) is 10.1 Å². The average Bonchev–Trinajstić information content (AvgIpc) is 2.88. The number of hydrogen-bond donors (Lipinski definition) is 2. The Kier molecular flexibility index (Phi) is 5.27. The summed E-state index contributed by atoms with van der Waals surface area (Å²) in [7, 11) is 0. The molecule has 22 heavy (non-hydrogen) atoms. The number of hydrogen-bond acceptors (Lipinski definition) is 5. The number of nitrogens with zero attached hydrogens (tertiary/aromatic N) is 2. The Bertz CT molecular complexity index is 620. The van der Waals surface area contributed by atoms with Gasteiger partial charge in [-0.2, -0.15) is 4.98 Å². The third-order valence-corrected chi connectivity index (χ3v) is 3.32. The van der Waals surface area contributed by atoms with Gasteiger partial charge >= 0.3 is 0 Å². The van der Waals surface area contributed by atoms with E-state index in [1.165, 1.54) is 0 Å². The zero-order chi connectivity index (χ0) is 16.1. The zero-order valence-electron chi connectivity index (χ0n) is 13.0. The molecular weight excluding hydrogens is 282 g/mol. The molecule has 6 heteroatoms. The topological polar surface area (TPSA) is 88.2 Å². The van der Waals surface area contributed by atoms with E-state index in [9.17, 15) is 9.90 Å². The van der Waals surface area contributed by atoms with Crippen LogP contribution in [0.15, 0.2) is 28.8 Å². The van der Waals surface area contributed by atoms with Crippen molar-refractivity contribution in [3.8, 4) is 0 Å². The van der Waals surface area contributed by atoms with Crippen LogP contribution in [0, 0.1) is 12.8 Å². The van der Waals surface area contributed by atoms with Crippen molar-refractivity contribution in [2.24, 2.45) is 5.92 Å². The van der Waals surface area contributed by atoms with Crippen LogP contribution < -0.4 is 5.32 Å². The maximum atomic E-state index is 11.9. The van der Waals surface area contributed by atoms with Gasteiger partial charge in [-0.1, -0.05) is 36.7 Å². The fourth-order valence-electron chi connectivity index (χ4n) is 1.85. The van der Waals surface area contributed by atoms with Crippen LogP contribution in [0.25, 0.3) is 0 Å². The lowest BCUT2D eigenvalue weighted by molar-refractivity contribution is -0.115. The second-order valence-electron chi connectivity index (χ2n) is 5.71. The SMILES string of the molecule is Cc1ccc(NC(=O)Cc2noc(CC(O)C(C)C)n2)cc1. The van der Waals surface area contributed by atoms with Crippen molar-refractivity contribution >= 4 is 11.6 Å². The van der Waals surface area contributed by atoms with Gasteiger partial charge in [0, 0.05) is 5.69 Å². The molecule has 1 atom stereocenters. The third-order valence-electron chi connectivity index (χ3n) is 3.32. The molecule has 0 aliphatic rings. The van der Waals surface area contributed by atoms with Gasteiger partial charge in [0.2, 0.25) is 11.8 Å². The second kappa shape index (κ2) is 7.17. The summed E-state index contributed by atoms with van der Waals surface area (Å²) >= 11 is 0. The molecule has 2 N–H and O–H groups in total. The smallest absolute Gasteiger partial charge is 0.232 e. The van der Waals surface area contributed by atoms with Crippen LogP contribution in [-0.4, -0.2) is 27.3 Å². The lowest BCUT2D eigenvalue weighted by atomic mass is 10.0. The summed E-state index contributed by atoms with van der Waals surface area (Å²) in [6.07, 6.45) is -0.200. The van der Waals surface area contributed by atoms with Gasteiger partial charge in [0.25, 0.3) is 0 Å². The highest BCUT2D eigenvalue weighted by atomic mass is 16.5. The fraction of sp³-hybridized carbons (Fsp3) is 0.438. The molecule has 0 aliphatic heterocycles. The quantitative estimate of drug-likeness (QED) is 0.853. The van der Waals surface area contributed by atoms with Crippen molar-refractivity contribution in [2.75, 3.05) is 5.32 Å². The van der Waals surface area contributed by atoms with Crippen molar-refractivity contribution in [1.29, 1.82) is 0 Å². The highest BCUT2D eigenvalue weighted by Crippen LogP contribution is 2.11. The van der Waals surface area contributed by atoms with Crippen molar-refractivity contribution in [3.05, 3.63) is 41.5 Å². The number of aromatic nitrogens is 2. The highest BCUT2D eigenvalue weighted by molar-refractivity contribution is 5.91. The van der Waals surface area contributed by atoms with Gasteiger partial charge in [-0.15, -0.1) is 0 Å². The summed E-state index contributed by atoms with van der Waals surface area (Å²) in [6.45, 7) is 5.81. The number of aliphatic hydroxyl groups excluding tert-OH is 1. The summed E-state index contributed by atoms with van der Waals surface area (Å²) in [4.78, 5) is 16.1. The predicted octanol–water partition coefficient (Wildman–Crippen LogP) is 2.12. The number of carbonyl (C=O) groups is 1. The highest BCUT2D eigenvalue weighted by Gasteiger charge is 2.16. The van der Waals surface area contributed by atoms with E-state index in [2.05, 4.69) is 15.5 Å². The molecule has 1 unspecified atom stereocenters. The molecule has 0 saturated heterocycles. The fourth-order valence-corrected chi connectivity index (χ4v) is 1.85. The first-order valence-corrected chi connectivity index (χ1v) is 7.30. The van der Waals surface area contributed by atoms with E-state index in [0.29, 0.717) is 18.1 Å². The lowest BCUT2D eigenvalue weighted by Crippen LogP contribution is -2.18. The van der Waals surface area contributed by atoms with E-state index >= 15 is 0 Å². The minimum absolute atomic E-state index is 0.0369. The van der Waals surface area contributed by atoms with Crippen LogP contribution in [0.2, 0.25) is 0 Å². The van der Waals surface area contributed by atoms with E-state index in [0.717, 1.165) is 11.3 Å². The molecule has 0 saturated carbocycles. The molecule has 0 radical (unpaired) electrons. The molecule has 0 fully saturated rings. The zero-order valence-corrected chi connectivity index (χ0v) is 13.0. The summed E-state index contributed by atoms with van der Waals surface area (Å²) in [5, 5.41) is 16.3. The maximum Gasteiger partial charge on any atom is 0.232 e. The Hall–Kier alpha value is -2.21. The van der Waals surface area contributed by atoms with E-state index in [1.807, 2.05) is 45.0 Å². The molecule has 2 rings (SSSR count). The number of carbonyl (C=O) groups excluding carboxylic acids is 1. The van der Waals surface area contributed by atoms with Crippen LogP contribution in [-0.2, 0) is 17.6 Å². The van der Waals surface area contributed by atoms with Gasteiger partial charge in [-0.3, -0.25) is 4.79 Å². The number of rotatable bonds is 6. The van der Waals surface area contributed by atoms with Crippen LogP contribution in [0.5, 0.6) is 0 Å². The number of anilines is 1.